The van der Waals surface area contributed by atoms with Crippen molar-refractivity contribution in [3.05, 3.63) is 54.1 Å². The molecular weight excluding hydrogens is 428 g/mol. The molecule has 1 atom stereocenters. The molecule has 2 aromatic rings. The van der Waals surface area contributed by atoms with Crippen molar-refractivity contribution < 1.29 is 22.7 Å². The Hall–Kier alpha value is -2.87. The average molecular weight is 459 g/mol. The van der Waals surface area contributed by atoms with Gasteiger partial charge in [-0.1, -0.05) is 32.8 Å². The van der Waals surface area contributed by atoms with Crippen molar-refractivity contribution in [1.82, 2.24) is 5.32 Å². The van der Waals surface area contributed by atoms with Gasteiger partial charge in [-0.05, 0) is 61.2 Å². The first-order chi connectivity index (χ1) is 15.2. The van der Waals surface area contributed by atoms with Crippen molar-refractivity contribution in [2.24, 2.45) is 5.92 Å². The number of carbonyl (C=O) groups is 2. The molecule has 1 aliphatic carbocycles. The number of amides is 2. The highest BCUT2D eigenvalue weighted by Crippen LogP contribution is 2.30. The summed E-state index contributed by atoms with van der Waals surface area (Å²) in [5, 5.41) is 5.17. The van der Waals surface area contributed by atoms with E-state index in [1.807, 2.05) is 13.8 Å². The topological polar surface area (TPSA) is 102 Å². The molecule has 1 unspecified atom stereocenters. The molecule has 2 N–H and O–H groups in total. The van der Waals surface area contributed by atoms with Gasteiger partial charge in [-0.25, -0.2) is 8.42 Å². The molecule has 0 spiro atoms. The van der Waals surface area contributed by atoms with Crippen LogP contribution in [0.5, 0.6) is 5.75 Å². The van der Waals surface area contributed by atoms with Crippen molar-refractivity contribution >= 4 is 27.3 Å². The largest absolute Gasteiger partial charge is 0.497 e. The summed E-state index contributed by atoms with van der Waals surface area (Å²) in [7, 11) is -1.88. The fourth-order valence-electron chi connectivity index (χ4n) is 3.86. The Morgan fingerprint density at radius 3 is 2.28 bits per heavy atom. The van der Waals surface area contributed by atoms with E-state index in [0.29, 0.717) is 29.8 Å². The van der Waals surface area contributed by atoms with E-state index in [9.17, 15) is 18.0 Å². The first-order valence-corrected chi connectivity index (χ1v) is 12.4. The molecule has 32 heavy (non-hydrogen) atoms. The number of hydrogen-bond acceptors (Lipinski definition) is 5. The van der Waals surface area contributed by atoms with Gasteiger partial charge in [0.05, 0.1) is 17.3 Å². The first kappa shape index (κ1) is 23.8. The number of hydrogen-bond donors (Lipinski definition) is 2. The van der Waals surface area contributed by atoms with Crippen molar-refractivity contribution in [3.63, 3.8) is 0 Å². The van der Waals surface area contributed by atoms with E-state index in [-0.39, 0.29) is 22.0 Å². The lowest BCUT2D eigenvalue weighted by Crippen LogP contribution is -2.47. The van der Waals surface area contributed by atoms with E-state index in [4.69, 9.17) is 4.74 Å². The number of methoxy groups -OCH3 is 1. The number of nitrogens with one attached hydrogen (secondary N) is 2. The van der Waals surface area contributed by atoms with Gasteiger partial charge < -0.3 is 15.4 Å². The number of rotatable bonds is 8. The molecule has 7 nitrogen and oxygen atoms in total. The van der Waals surface area contributed by atoms with Crippen LogP contribution < -0.4 is 15.4 Å². The van der Waals surface area contributed by atoms with Gasteiger partial charge in [0.2, 0.25) is 5.91 Å². The van der Waals surface area contributed by atoms with Gasteiger partial charge in [-0.3, -0.25) is 9.59 Å². The number of sulfone groups is 1. The maximum absolute atomic E-state index is 12.9. The molecular formula is C24H30N2O5S. The van der Waals surface area contributed by atoms with Crippen LogP contribution in [0.3, 0.4) is 0 Å². The van der Waals surface area contributed by atoms with Crippen LogP contribution in [0.15, 0.2) is 53.4 Å². The minimum absolute atomic E-state index is 0.178. The number of benzene rings is 2. The SMILES string of the molecule is COc1ccc(C(=O)NC(C(=O)Nc2cccc(S(=O)(=O)C3CCCC3)c2)C(C)C)cc1. The maximum atomic E-state index is 12.9. The third-order valence-corrected chi connectivity index (χ3v) is 8.02. The summed E-state index contributed by atoms with van der Waals surface area (Å²) >= 11 is 0. The highest BCUT2D eigenvalue weighted by Gasteiger charge is 2.31. The van der Waals surface area contributed by atoms with Crippen LogP contribution in [-0.2, 0) is 14.6 Å². The Morgan fingerprint density at radius 1 is 1.03 bits per heavy atom. The number of anilines is 1. The molecule has 0 bridgehead atoms. The molecule has 0 aliphatic heterocycles. The lowest BCUT2D eigenvalue weighted by Gasteiger charge is -2.22. The quantitative estimate of drug-likeness (QED) is 0.626. The third-order valence-electron chi connectivity index (χ3n) is 5.76. The summed E-state index contributed by atoms with van der Waals surface area (Å²) in [6, 6.07) is 12.1. The molecule has 0 aromatic heterocycles. The first-order valence-electron chi connectivity index (χ1n) is 10.8. The van der Waals surface area contributed by atoms with E-state index < -0.39 is 21.8 Å². The van der Waals surface area contributed by atoms with Gasteiger partial charge in [0.15, 0.2) is 9.84 Å². The summed E-state index contributed by atoms with van der Waals surface area (Å²) in [6.45, 7) is 3.67. The summed E-state index contributed by atoms with van der Waals surface area (Å²) in [6.07, 6.45) is 3.19. The lowest BCUT2D eigenvalue weighted by molar-refractivity contribution is -0.118. The minimum Gasteiger partial charge on any atom is -0.497 e. The second kappa shape index (κ2) is 10.2. The van der Waals surface area contributed by atoms with Crippen molar-refractivity contribution in [2.75, 3.05) is 12.4 Å². The van der Waals surface area contributed by atoms with Gasteiger partial charge in [0.1, 0.15) is 11.8 Å². The average Bonchev–Trinajstić information content (AvgIpc) is 3.33. The van der Waals surface area contributed by atoms with Gasteiger partial charge in [0.25, 0.3) is 5.91 Å². The summed E-state index contributed by atoms with van der Waals surface area (Å²) in [5.41, 5.74) is 0.798. The predicted octanol–water partition coefficient (Wildman–Crippen LogP) is 3.80. The normalized spacial score (nSPS) is 15.4. The monoisotopic (exact) mass is 458 g/mol. The maximum Gasteiger partial charge on any atom is 0.251 e. The van der Waals surface area contributed by atoms with Gasteiger partial charge in [-0.2, -0.15) is 0 Å². The van der Waals surface area contributed by atoms with Gasteiger partial charge in [-0.15, -0.1) is 0 Å². The Labute approximate surface area is 189 Å². The molecule has 1 saturated carbocycles. The van der Waals surface area contributed by atoms with E-state index in [2.05, 4.69) is 10.6 Å². The van der Waals surface area contributed by atoms with Crippen LogP contribution >= 0.6 is 0 Å². The van der Waals surface area contributed by atoms with E-state index in [0.717, 1.165) is 12.8 Å². The van der Waals surface area contributed by atoms with Gasteiger partial charge >= 0.3 is 0 Å². The molecule has 0 radical (unpaired) electrons. The third kappa shape index (κ3) is 5.48. The van der Waals surface area contributed by atoms with Crippen molar-refractivity contribution in [1.29, 1.82) is 0 Å². The second-order valence-electron chi connectivity index (χ2n) is 8.39. The molecule has 2 aromatic carbocycles. The molecule has 1 aliphatic rings. The zero-order valence-corrected chi connectivity index (χ0v) is 19.4. The minimum atomic E-state index is -3.43. The molecule has 0 heterocycles. The molecule has 1 fully saturated rings. The standard InChI is InChI=1S/C24H30N2O5S/c1-16(2)22(26-23(27)17-11-13-19(31-3)14-12-17)24(28)25-18-7-6-10-21(15-18)32(29,30)20-8-4-5-9-20/h6-7,10-16,20,22H,4-5,8-9H2,1-3H3,(H,25,28)(H,26,27). The number of carbonyl (C=O) groups excluding carboxylic acids is 2. The molecule has 3 rings (SSSR count). The van der Waals surface area contributed by atoms with Crippen LogP contribution in [0.25, 0.3) is 0 Å². The van der Waals surface area contributed by atoms with Crippen LogP contribution in [-0.4, -0.2) is 38.6 Å². The summed E-state index contributed by atoms with van der Waals surface area (Å²) in [4.78, 5) is 25.8. The fraction of sp³-hybridized carbons (Fsp3) is 0.417. The summed E-state index contributed by atoms with van der Waals surface area (Å²) < 4.78 is 30.9. The molecule has 2 amide bonds. The Bertz CT molecular complexity index is 1060. The van der Waals surface area contributed by atoms with Crippen LogP contribution in [0, 0.1) is 5.92 Å². The van der Waals surface area contributed by atoms with Crippen LogP contribution in [0.1, 0.15) is 49.9 Å². The Morgan fingerprint density at radius 2 is 1.69 bits per heavy atom. The summed E-state index contributed by atoms with van der Waals surface area (Å²) in [5.74, 6) is -0.328. The highest BCUT2D eigenvalue weighted by atomic mass is 32.2. The smallest absolute Gasteiger partial charge is 0.251 e. The fourth-order valence-corrected chi connectivity index (χ4v) is 5.76. The zero-order valence-electron chi connectivity index (χ0n) is 18.6. The Kier molecular flexibility index (Phi) is 7.56. The van der Waals surface area contributed by atoms with Gasteiger partial charge in [0, 0.05) is 11.3 Å². The van der Waals surface area contributed by atoms with E-state index >= 15 is 0 Å². The zero-order chi connectivity index (χ0) is 23.3. The van der Waals surface area contributed by atoms with Crippen LogP contribution in [0.4, 0.5) is 5.69 Å². The highest BCUT2D eigenvalue weighted by molar-refractivity contribution is 7.92. The predicted molar refractivity (Wildman–Crippen MR) is 124 cm³/mol. The Balaban J connectivity index is 1.72. The van der Waals surface area contributed by atoms with E-state index in [1.54, 1.807) is 49.6 Å². The van der Waals surface area contributed by atoms with E-state index in [1.165, 1.54) is 6.07 Å². The second-order valence-corrected chi connectivity index (χ2v) is 10.6. The molecule has 172 valence electrons. The van der Waals surface area contributed by atoms with Crippen molar-refractivity contribution in [2.45, 2.75) is 55.7 Å². The van der Waals surface area contributed by atoms with Crippen LogP contribution in [0.2, 0.25) is 0 Å². The van der Waals surface area contributed by atoms with Crippen molar-refractivity contribution in [3.8, 4) is 5.75 Å². The molecule has 8 heteroatoms. The number of ether oxygens (including phenoxy) is 1. The lowest BCUT2D eigenvalue weighted by atomic mass is 10.0. The molecule has 0 saturated heterocycles.